The molecule has 0 unspecified atom stereocenters. The Kier molecular flexibility index (Phi) is 10.3. The molecule has 3 aromatic rings. The van der Waals surface area contributed by atoms with Crippen molar-refractivity contribution < 1.29 is 47.0 Å². The Bertz CT molecular complexity index is 1410. The summed E-state index contributed by atoms with van der Waals surface area (Å²) in [6, 6.07) is 24.9. The van der Waals surface area contributed by atoms with Gasteiger partial charge in [-0.15, -0.1) is 0 Å². The van der Waals surface area contributed by atoms with Crippen LogP contribution in [0.2, 0.25) is 5.02 Å². The molecule has 0 radical (unpaired) electrons. The van der Waals surface area contributed by atoms with Gasteiger partial charge in [-0.25, -0.2) is 4.79 Å². The number of hydrogen-bond acceptors (Lipinski definition) is 6. The lowest BCUT2D eigenvalue weighted by atomic mass is 9.82. The average Bonchev–Trinajstić information content (AvgIpc) is 3.01. The van der Waals surface area contributed by atoms with Gasteiger partial charge in [-0.2, -0.15) is 13.2 Å². The number of fused-ring (bicyclic) bond motifs is 3. The second-order valence-electron chi connectivity index (χ2n) is 11.0. The van der Waals surface area contributed by atoms with Crippen LogP contribution in [0.25, 0.3) is 0 Å². The number of carbonyl (C=O) groups is 3. The quantitative estimate of drug-likeness (QED) is 0.290. The zero-order valence-electron chi connectivity index (χ0n) is 23.6. The molecule has 2 N–H and O–H groups in total. The van der Waals surface area contributed by atoms with E-state index in [1.165, 1.54) is 0 Å². The van der Waals surface area contributed by atoms with Gasteiger partial charge in [0.2, 0.25) is 5.60 Å². The van der Waals surface area contributed by atoms with Crippen LogP contribution >= 0.6 is 11.6 Å². The fourth-order valence-corrected chi connectivity index (χ4v) is 5.98. The van der Waals surface area contributed by atoms with Gasteiger partial charge in [-0.05, 0) is 29.3 Å². The summed E-state index contributed by atoms with van der Waals surface area (Å²) in [5.41, 5.74) is -0.373. The van der Waals surface area contributed by atoms with E-state index in [1.54, 1.807) is 48.5 Å². The van der Waals surface area contributed by atoms with E-state index in [2.05, 4.69) is 5.32 Å². The van der Waals surface area contributed by atoms with Crippen LogP contribution in [0.1, 0.15) is 34.3 Å². The monoisotopic (exact) mass is 632 g/mol. The van der Waals surface area contributed by atoms with Gasteiger partial charge < -0.3 is 29.5 Å². The number of rotatable bonds is 8. The summed E-state index contributed by atoms with van der Waals surface area (Å²) in [5, 5.41) is 24.1. The lowest BCUT2D eigenvalue weighted by Crippen LogP contribution is -2.66. The molecule has 12 heteroatoms. The number of nitrogens with one attached hydrogen (secondary N) is 1. The van der Waals surface area contributed by atoms with Gasteiger partial charge in [-0.3, -0.25) is 4.79 Å². The second-order valence-corrected chi connectivity index (χ2v) is 11.4. The van der Waals surface area contributed by atoms with E-state index in [0.29, 0.717) is 34.8 Å². The molecule has 0 saturated carbocycles. The third-order valence-electron chi connectivity index (χ3n) is 8.17. The molecular weight excluding hydrogens is 601 g/mol. The summed E-state index contributed by atoms with van der Waals surface area (Å²) in [5.74, 6) is -3.52. The zero-order valence-corrected chi connectivity index (χ0v) is 24.4. The number of carboxylic acid groups (broad SMARTS) is 1. The zero-order chi connectivity index (χ0) is 32.0. The maximum Gasteiger partial charge on any atom is 0.430 e. The first-order chi connectivity index (χ1) is 20.8. The molecule has 3 fully saturated rings. The summed E-state index contributed by atoms with van der Waals surface area (Å²) >= 11 is 6.02. The number of amides is 1. The number of alkyl halides is 3. The van der Waals surface area contributed by atoms with Crippen molar-refractivity contribution in [2.45, 2.75) is 30.7 Å². The van der Waals surface area contributed by atoms with Gasteiger partial charge in [0.25, 0.3) is 5.91 Å². The Labute approximate surface area is 257 Å². The van der Waals surface area contributed by atoms with Gasteiger partial charge in [0.1, 0.15) is 12.5 Å². The Morgan fingerprint density at radius 2 is 1.48 bits per heavy atom. The highest BCUT2D eigenvalue weighted by atomic mass is 35.5. The molecule has 8 nitrogen and oxygen atoms in total. The molecule has 2 bridgehead atoms. The number of carbonyl (C=O) groups excluding carboxylic acids is 3. The van der Waals surface area contributed by atoms with E-state index in [0.717, 1.165) is 37.0 Å². The molecule has 1 amide bonds. The maximum absolute atomic E-state index is 13.7. The molecule has 234 valence electrons. The standard InChI is InChI=1S/C30H31ClN2O4.C2HF3O2/c31-26-13-7-8-23(20-26)28(34)32-16-19-33-17-14-22(15-18-33)27(21-33)37-29(35)30(36,24-9-3-1-4-10-24)25-11-5-2-6-12-25;3-2(4,5)1(6)7/h1-13,20,22,27,36H,14-19,21H2;(H,6,7)/t22?,27-,33?;/m0./s1. The number of quaternary nitrogens is 1. The number of ether oxygens (including phenoxy) is 1. The van der Waals surface area contributed by atoms with Crippen LogP contribution < -0.4 is 10.4 Å². The number of aliphatic carboxylic acids is 1. The number of piperidine rings is 3. The summed E-state index contributed by atoms with van der Waals surface area (Å²) in [4.78, 5) is 35.0. The van der Waals surface area contributed by atoms with Gasteiger partial charge in [0, 0.05) is 29.3 Å². The van der Waals surface area contributed by atoms with Crippen molar-refractivity contribution in [1.29, 1.82) is 0 Å². The highest BCUT2D eigenvalue weighted by molar-refractivity contribution is 6.30. The molecule has 44 heavy (non-hydrogen) atoms. The Hall–Kier alpha value is -3.93. The third kappa shape index (κ3) is 7.77. The van der Waals surface area contributed by atoms with Crippen LogP contribution in [0.3, 0.4) is 0 Å². The van der Waals surface area contributed by atoms with Crippen molar-refractivity contribution >= 4 is 29.4 Å². The van der Waals surface area contributed by atoms with Crippen LogP contribution in [-0.2, 0) is 19.9 Å². The fourth-order valence-electron chi connectivity index (χ4n) is 5.79. The predicted molar refractivity (Wildman–Crippen MR) is 153 cm³/mol. The number of hydrogen-bond donors (Lipinski definition) is 2. The van der Waals surface area contributed by atoms with Crippen LogP contribution in [-0.4, -0.2) is 72.4 Å². The summed E-state index contributed by atoms with van der Waals surface area (Å²) in [6.45, 7) is 3.95. The summed E-state index contributed by atoms with van der Waals surface area (Å²) in [7, 11) is 0. The van der Waals surface area contributed by atoms with Crippen molar-refractivity contribution in [2.24, 2.45) is 5.92 Å². The van der Waals surface area contributed by atoms with Gasteiger partial charge in [0.05, 0.1) is 26.2 Å². The molecule has 3 heterocycles. The number of aliphatic hydroxyl groups is 1. The summed E-state index contributed by atoms with van der Waals surface area (Å²) < 4.78 is 38.5. The molecule has 0 spiro atoms. The van der Waals surface area contributed by atoms with Gasteiger partial charge >= 0.3 is 12.1 Å². The first kappa shape index (κ1) is 33.0. The van der Waals surface area contributed by atoms with Crippen molar-refractivity contribution in [3.05, 3.63) is 107 Å². The smallest absolute Gasteiger partial charge is 0.430 e. The highest BCUT2D eigenvalue weighted by Crippen LogP contribution is 2.38. The number of halogens is 4. The number of nitrogens with zero attached hydrogens (tertiary/aromatic N) is 1. The van der Waals surface area contributed by atoms with Crippen molar-refractivity contribution in [1.82, 2.24) is 5.32 Å². The SMILES string of the molecule is O=C(NCC[N+]12CCC(CC1)[C@@H](OC(=O)C(O)(c1ccccc1)c1ccccc1)C2)c1cccc(Cl)c1.O=C([O-])C(F)(F)F. The number of benzene rings is 3. The van der Waals surface area contributed by atoms with Crippen molar-refractivity contribution in [3.8, 4) is 0 Å². The van der Waals surface area contributed by atoms with Gasteiger partial charge in [-0.1, -0.05) is 78.3 Å². The normalized spacial score (nSPS) is 21.0. The molecule has 3 aliphatic heterocycles. The van der Waals surface area contributed by atoms with Crippen LogP contribution in [0.4, 0.5) is 13.2 Å². The lowest BCUT2D eigenvalue weighted by Gasteiger charge is -2.52. The third-order valence-corrected chi connectivity index (χ3v) is 8.40. The topological polar surface area (TPSA) is 116 Å². The fraction of sp³-hybridized carbons (Fsp3) is 0.344. The van der Waals surface area contributed by atoms with E-state index < -0.39 is 23.7 Å². The van der Waals surface area contributed by atoms with E-state index in [1.807, 2.05) is 36.4 Å². The first-order valence-corrected chi connectivity index (χ1v) is 14.4. The predicted octanol–water partition coefficient (Wildman–Crippen LogP) is 3.46. The van der Waals surface area contributed by atoms with Crippen molar-refractivity contribution in [3.63, 3.8) is 0 Å². The second kappa shape index (κ2) is 13.8. The van der Waals surface area contributed by atoms with Crippen LogP contribution in [0.5, 0.6) is 0 Å². The van der Waals surface area contributed by atoms with Crippen LogP contribution in [0, 0.1) is 5.92 Å². The number of esters is 1. The van der Waals surface area contributed by atoms with Crippen LogP contribution in [0.15, 0.2) is 84.9 Å². The maximum atomic E-state index is 13.7. The van der Waals surface area contributed by atoms with E-state index >= 15 is 0 Å². The highest BCUT2D eigenvalue weighted by Gasteiger charge is 2.50. The Morgan fingerprint density at radius 3 is 1.98 bits per heavy atom. The molecule has 1 atom stereocenters. The lowest BCUT2D eigenvalue weighted by molar-refractivity contribution is -0.945. The molecule has 6 rings (SSSR count). The molecule has 0 aliphatic carbocycles. The largest absolute Gasteiger partial charge is 0.542 e. The molecule has 3 saturated heterocycles. The molecule has 0 aromatic heterocycles. The minimum absolute atomic E-state index is 0.147. The number of carboxylic acids is 1. The molecular formula is C32H32ClF3N2O6. The minimum atomic E-state index is -5.19. The average molecular weight is 633 g/mol. The molecule has 3 aliphatic rings. The minimum Gasteiger partial charge on any atom is -0.542 e. The first-order valence-electron chi connectivity index (χ1n) is 14.1. The van der Waals surface area contributed by atoms with Crippen molar-refractivity contribution in [2.75, 3.05) is 32.7 Å². The van der Waals surface area contributed by atoms with Gasteiger partial charge in [0.15, 0.2) is 6.10 Å². The Balaban J connectivity index is 0.000000566. The molecule has 3 aromatic carbocycles. The van der Waals surface area contributed by atoms with E-state index in [-0.39, 0.29) is 17.9 Å². The Morgan fingerprint density at radius 1 is 0.932 bits per heavy atom. The summed E-state index contributed by atoms with van der Waals surface area (Å²) in [6.07, 6.45) is -3.57. The van der Waals surface area contributed by atoms with E-state index in [9.17, 15) is 27.9 Å². The van der Waals surface area contributed by atoms with E-state index in [4.69, 9.17) is 26.2 Å².